The van der Waals surface area contributed by atoms with Crippen molar-refractivity contribution < 1.29 is 43.9 Å². The molecule has 0 amide bonds. The zero-order chi connectivity index (χ0) is 39.6. The number of ether oxygens (including phenoxy) is 4. The Hall–Kier alpha value is -1.78. The topological polar surface area (TPSA) is 132 Å². The summed E-state index contributed by atoms with van der Waals surface area (Å²) in [5.41, 5.74) is 0. The lowest BCUT2D eigenvalue weighted by Crippen LogP contribution is -2.30. The van der Waals surface area contributed by atoms with Gasteiger partial charge in [-0.1, -0.05) is 141 Å². The Morgan fingerprint density at radius 2 is 0.648 bits per heavy atom. The van der Waals surface area contributed by atoms with Gasteiger partial charge in [0.2, 0.25) is 0 Å². The number of unbranched alkanes of at least 4 members (excludes halogenated alkanes) is 22. The number of aliphatic hydroxyl groups excluding tert-OH is 3. The third-order valence-electron chi connectivity index (χ3n) is 9.40. The highest BCUT2D eigenvalue weighted by molar-refractivity contribution is 5.69. The van der Waals surface area contributed by atoms with E-state index in [4.69, 9.17) is 18.9 Å². The molecular weight excluding hydrogens is 684 g/mol. The second-order valence-corrected chi connectivity index (χ2v) is 15.1. The van der Waals surface area contributed by atoms with Crippen LogP contribution in [0, 0.1) is 0 Å². The van der Waals surface area contributed by atoms with Crippen LogP contribution in [-0.4, -0.2) is 85.2 Å². The summed E-state index contributed by atoms with van der Waals surface area (Å²) in [7, 11) is 0. The average Bonchev–Trinajstić information content (AvgIpc) is 3.16. The van der Waals surface area contributed by atoms with E-state index in [-0.39, 0.29) is 51.6 Å². The highest BCUT2D eigenvalue weighted by Gasteiger charge is 2.13. The predicted octanol–water partition coefficient (Wildman–Crippen LogP) is 10.3. The first-order valence-corrected chi connectivity index (χ1v) is 22.2. The van der Waals surface area contributed by atoms with Crippen LogP contribution in [0.1, 0.15) is 194 Å². The molecule has 0 aromatic carbocycles. The SMILES string of the molecule is CCCCCCCC/C=C\CCCCCCCC(=O)OCC(O)COCC(O)COCC(O)COC(=O)CCCCCCC/C=C\CCCCCCCC. The lowest BCUT2D eigenvalue weighted by molar-refractivity contribution is -0.148. The third kappa shape index (κ3) is 41.4. The van der Waals surface area contributed by atoms with Crippen molar-refractivity contribution in [3.63, 3.8) is 0 Å². The standard InChI is InChI=1S/C45H84O9/c1-3-5-7-9-11-13-15-17-19-21-23-25-27-29-31-33-44(49)53-39-42(47)37-51-35-41(46)36-52-38-43(48)40-54-45(50)34-32-30-28-26-24-22-20-18-16-14-12-10-8-6-4-2/h17-20,41-43,46-48H,3-16,21-40H2,1-2H3/b19-17-,20-18-. The van der Waals surface area contributed by atoms with Gasteiger partial charge in [-0.25, -0.2) is 0 Å². The zero-order valence-electron chi connectivity index (χ0n) is 34.9. The lowest BCUT2D eigenvalue weighted by Gasteiger charge is -2.16. The highest BCUT2D eigenvalue weighted by atomic mass is 16.6. The van der Waals surface area contributed by atoms with E-state index in [0.717, 1.165) is 64.2 Å². The van der Waals surface area contributed by atoms with E-state index in [9.17, 15) is 24.9 Å². The first kappa shape index (κ1) is 52.2. The quantitative estimate of drug-likeness (QED) is 0.0315. The Morgan fingerprint density at radius 3 is 0.963 bits per heavy atom. The molecule has 0 aliphatic rings. The second kappa shape index (κ2) is 42.4. The molecule has 0 fully saturated rings. The molecule has 0 saturated carbocycles. The number of allylic oxidation sites excluding steroid dienone is 4. The molecule has 0 bridgehead atoms. The van der Waals surface area contributed by atoms with Gasteiger partial charge >= 0.3 is 11.9 Å². The van der Waals surface area contributed by atoms with Crippen LogP contribution in [0.15, 0.2) is 24.3 Å². The number of carbonyl (C=O) groups is 2. The molecule has 0 aromatic heterocycles. The molecule has 0 spiro atoms. The molecule has 0 radical (unpaired) electrons. The van der Waals surface area contributed by atoms with E-state index in [0.29, 0.717) is 12.8 Å². The molecule has 9 heteroatoms. The fourth-order valence-corrected chi connectivity index (χ4v) is 6.03. The summed E-state index contributed by atoms with van der Waals surface area (Å²) in [4.78, 5) is 24.0. The number of hydrogen-bond donors (Lipinski definition) is 3. The maximum Gasteiger partial charge on any atom is 0.305 e. The van der Waals surface area contributed by atoms with E-state index in [1.165, 1.54) is 103 Å². The van der Waals surface area contributed by atoms with E-state index in [1.54, 1.807) is 0 Å². The van der Waals surface area contributed by atoms with E-state index in [1.807, 2.05) is 0 Å². The molecule has 0 aliphatic carbocycles. The third-order valence-corrected chi connectivity index (χ3v) is 9.40. The van der Waals surface area contributed by atoms with Crippen LogP contribution in [-0.2, 0) is 28.5 Å². The van der Waals surface area contributed by atoms with Crippen LogP contribution < -0.4 is 0 Å². The minimum Gasteiger partial charge on any atom is -0.463 e. The zero-order valence-corrected chi connectivity index (χ0v) is 34.9. The summed E-state index contributed by atoms with van der Waals surface area (Å²) < 4.78 is 20.9. The van der Waals surface area contributed by atoms with Crippen molar-refractivity contribution in [2.45, 2.75) is 212 Å². The van der Waals surface area contributed by atoms with Gasteiger partial charge in [0.15, 0.2) is 0 Å². The summed E-state index contributed by atoms with van der Waals surface area (Å²) in [5.74, 6) is -0.653. The average molecular weight is 769 g/mol. The monoisotopic (exact) mass is 769 g/mol. The Labute approximate surface area is 331 Å². The summed E-state index contributed by atoms with van der Waals surface area (Å²) >= 11 is 0. The molecule has 54 heavy (non-hydrogen) atoms. The first-order chi connectivity index (χ1) is 26.4. The van der Waals surface area contributed by atoms with Gasteiger partial charge in [0.1, 0.15) is 31.5 Å². The van der Waals surface area contributed by atoms with Crippen LogP contribution in [0.4, 0.5) is 0 Å². The molecule has 2 atom stereocenters. The van der Waals surface area contributed by atoms with Gasteiger partial charge in [-0.15, -0.1) is 0 Å². The number of aliphatic hydroxyl groups is 3. The molecule has 0 aliphatic heterocycles. The molecule has 2 unspecified atom stereocenters. The summed E-state index contributed by atoms with van der Waals surface area (Å²) in [6, 6.07) is 0. The fraction of sp³-hybridized carbons (Fsp3) is 0.867. The number of carbonyl (C=O) groups excluding carboxylic acids is 2. The molecule has 0 rings (SSSR count). The number of hydrogen-bond acceptors (Lipinski definition) is 9. The summed E-state index contributed by atoms with van der Waals surface area (Å²) in [5, 5.41) is 30.1. The van der Waals surface area contributed by atoms with Gasteiger partial charge in [0.05, 0.1) is 26.4 Å². The summed E-state index contributed by atoms with van der Waals surface area (Å²) in [6.07, 6.45) is 38.1. The molecule has 0 aromatic rings. The van der Waals surface area contributed by atoms with Gasteiger partial charge in [-0.05, 0) is 64.2 Å². The van der Waals surface area contributed by atoms with Crippen molar-refractivity contribution in [2.24, 2.45) is 0 Å². The Bertz CT molecular complexity index is 794. The van der Waals surface area contributed by atoms with Crippen molar-refractivity contribution in [1.29, 1.82) is 0 Å². The molecule has 0 saturated heterocycles. The van der Waals surface area contributed by atoms with Crippen LogP contribution in [0.5, 0.6) is 0 Å². The van der Waals surface area contributed by atoms with Gasteiger partial charge < -0.3 is 34.3 Å². The maximum absolute atomic E-state index is 12.0. The van der Waals surface area contributed by atoms with Crippen LogP contribution in [0.3, 0.4) is 0 Å². The molecule has 3 N–H and O–H groups in total. The van der Waals surface area contributed by atoms with Crippen molar-refractivity contribution in [1.82, 2.24) is 0 Å². The summed E-state index contributed by atoms with van der Waals surface area (Å²) in [6.45, 7) is 3.85. The molecule has 9 nitrogen and oxygen atoms in total. The van der Waals surface area contributed by atoms with Gasteiger partial charge in [0, 0.05) is 12.8 Å². The van der Waals surface area contributed by atoms with E-state index >= 15 is 0 Å². The minimum atomic E-state index is -0.987. The minimum absolute atomic E-state index is 0.0824. The molecular formula is C45H84O9. The van der Waals surface area contributed by atoms with Crippen molar-refractivity contribution in [3.8, 4) is 0 Å². The van der Waals surface area contributed by atoms with Crippen molar-refractivity contribution in [2.75, 3.05) is 39.6 Å². The molecule has 318 valence electrons. The van der Waals surface area contributed by atoms with Gasteiger partial charge in [-0.2, -0.15) is 0 Å². The predicted molar refractivity (Wildman–Crippen MR) is 220 cm³/mol. The highest BCUT2D eigenvalue weighted by Crippen LogP contribution is 2.12. The Morgan fingerprint density at radius 1 is 0.389 bits per heavy atom. The van der Waals surface area contributed by atoms with E-state index < -0.39 is 18.3 Å². The van der Waals surface area contributed by atoms with Gasteiger partial charge in [0.25, 0.3) is 0 Å². The lowest BCUT2D eigenvalue weighted by atomic mass is 10.1. The largest absolute Gasteiger partial charge is 0.463 e. The Kier molecular flexibility index (Phi) is 41.0. The van der Waals surface area contributed by atoms with Gasteiger partial charge in [-0.3, -0.25) is 9.59 Å². The number of rotatable bonds is 42. The number of esters is 2. The first-order valence-electron chi connectivity index (χ1n) is 22.2. The Balaban J connectivity index is 3.57. The second-order valence-electron chi connectivity index (χ2n) is 15.1. The normalized spacial score (nSPS) is 13.5. The van der Waals surface area contributed by atoms with Crippen molar-refractivity contribution in [3.05, 3.63) is 24.3 Å². The maximum atomic E-state index is 12.0. The van der Waals surface area contributed by atoms with Crippen LogP contribution in [0.2, 0.25) is 0 Å². The fourth-order valence-electron chi connectivity index (χ4n) is 6.03. The smallest absolute Gasteiger partial charge is 0.305 e. The van der Waals surface area contributed by atoms with Crippen LogP contribution >= 0.6 is 0 Å². The van der Waals surface area contributed by atoms with Crippen molar-refractivity contribution >= 4 is 11.9 Å². The molecule has 0 heterocycles. The van der Waals surface area contributed by atoms with E-state index in [2.05, 4.69) is 38.2 Å². The van der Waals surface area contributed by atoms with Crippen LogP contribution in [0.25, 0.3) is 0 Å².